The zero-order valence-corrected chi connectivity index (χ0v) is 14.3. The number of hydrogen-bond acceptors (Lipinski definition) is 3. The fourth-order valence-corrected chi connectivity index (χ4v) is 2.84. The average molecular weight is 334 g/mol. The second-order valence-electron chi connectivity index (χ2n) is 5.90. The van der Waals surface area contributed by atoms with Gasteiger partial charge < -0.3 is 9.30 Å². The number of aromatic nitrogens is 2. The van der Waals surface area contributed by atoms with Gasteiger partial charge in [-0.2, -0.15) is 0 Å². The molecule has 0 amide bonds. The highest BCUT2D eigenvalue weighted by Gasteiger charge is 2.22. The molecule has 0 radical (unpaired) electrons. The third kappa shape index (κ3) is 3.97. The zero-order chi connectivity index (χ0) is 17.5. The Hall–Kier alpha value is -2.88. The van der Waals surface area contributed by atoms with E-state index in [0.717, 1.165) is 24.0 Å². The number of rotatable bonds is 7. The Balaban J connectivity index is 1.98. The van der Waals surface area contributed by atoms with Gasteiger partial charge in [-0.25, -0.2) is 9.78 Å². The summed E-state index contributed by atoms with van der Waals surface area (Å²) in [7, 11) is 0. The van der Waals surface area contributed by atoms with Gasteiger partial charge in [-0.15, -0.1) is 0 Å². The molecule has 0 aliphatic heterocycles. The summed E-state index contributed by atoms with van der Waals surface area (Å²) in [4.78, 5) is 16.7. The van der Waals surface area contributed by atoms with Crippen molar-refractivity contribution in [1.82, 2.24) is 9.55 Å². The van der Waals surface area contributed by atoms with Crippen LogP contribution in [0.4, 0.5) is 0 Å². The van der Waals surface area contributed by atoms with Crippen LogP contribution in [-0.2, 0) is 4.74 Å². The Morgan fingerprint density at radius 2 is 1.64 bits per heavy atom. The standard InChI is InChI=1S/C21H22N2O2/c1-2-3-14-25-21(24)19-15-22-16-23(19)20(17-10-6-4-7-11-17)18-12-8-5-9-13-18/h4-13,15-16,20H,2-3,14H2,1H3. The molecule has 4 heteroatoms. The summed E-state index contributed by atoms with van der Waals surface area (Å²) in [6.07, 6.45) is 5.12. The lowest BCUT2D eigenvalue weighted by Gasteiger charge is -2.21. The summed E-state index contributed by atoms with van der Waals surface area (Å²) in [5.41, 5.74) is 2.65. The predicted molar refractivity (Wildman–Crippen MR) is 97.5 cm³/mol. The van der Waals surface area contributed by atoms with E-state index in [2.05, 4.69) is 36.2 Å². The summed E-state index contributed by atoms with van der Waals surface area (Å²) in [5.74, 6) is -0.331. The Kier molecular flexibility index (Phi) is 5.62. The first-order valence-electron chi connectivity index (χ1n) is 8.60. The number of imidazole rings is 1. The molecule has 25 heavy (non-hydrogen) atoms. The molecule has 0 saturated heterocycles. The number of unbranched alkanes of at least 4 members (excludes halogenated alkanes) is 1. The van der Waals surface area contributed by atoms with Gasteiger partial charge in [0.2, 0.25) is 0 Å². The summed E-state index contributed by atoms with van der Waals surface area (Å²) >= 11 is 0. The molecular formula is C21H22N2O2. The van der Waals surface area contributed by atoms with E-state index < -0.39 is 0 Å². The van der Waals surface area contributed by atoms with Crippen molar-refractivity contribution in [3.05, 3.63) is 90.0 Å². The van der Waals surface area contributed by atoms with Crippen molar-refractivity contribution in [3.8, 4) is 0 Å². The molecule has 128 valence electrons. The van der Waals surface area contributed by atoms with Crippen molar-refractivity contribution < 1.29 is 9.53 Å². The van der Waals surface area contributed by atoms with Crippen LogP contribution in [0.1, 0.15) is 47.4 Å². The van der Waals surface area contributed by atoms with Crippen molar-refractivity contribution in [1.29, 1.82) is 0 Å². The van der Waals surface area contributed by atoms with E-state index >= 15 is 0 Å². The number of hydrogen-bond donors (Lipinski definition) is 0. The lowest BCUT2D eigenvalue weighted by atomic mass is 9.98. The highest BCUT2D eigenvalue weighted by Crippen LogP contribution is 2.28. The minimum atomic E-state index is -0.331. The van der Waals surface area contributed by atoms with Crippen LogP contribution in [0.5, 0.6) is 0 Å². The third-order valence-electron chi connectivity index (χ3n) is 4.12. The quantitative estimate of drug-likeness (QED) is 0.473. The van der Waals surface area contributed by atoms with E-state index in [-0.39, 0.29) is 12.0 Å². The van der Waals surface area contributed by atoms with Crippen LogP contribution in [0, 0.1) is 0 Å². The Labute approximate surface area is 148 Å². The lowest BCUT2D eigenvalue weighted by Crippen LogP contribution is -2.18. The lowest BCUT2D eigenvalue weighted by molar-refractivity contribution is 0.0486. The average Bonchev–Trinajstić information content (AvgIpc) is 3.13. The zero-order valence-electron chi connectivity index (χ0n) is 14.3. The molecule has 1 aromatic heterocycles. The number of ether oxygens (including phenoxy) is 1. The topological polar surface area (TPSA) is 44.1 Å². The highest BCUT2D eigenvalue weighted by molar-refractivity contribution is 5.87. The van der Waals surface area contributed by atoms with Crippen molar-refractivity contribution >= 4 is 5.97 Å². The van der Waals surface area contributed by atoms with E-state index in [1.165, 1.54) is 0 Å². The van der Waals surface area contributed by atoms with Gasteiger partial charge in [0.25, 0.3) is 0 Å². The fraction of sp³-hybridized carbons (Fsp3) is 0.238. The van der Waals surface area contributed by atoms with Gasteiger partial charge in [0.05, 0.1) is 25.2 Å². The Bertz CT molecular complexity index is 758. The van der Waals surface area contributed by atoms with Crippen LogP contribution in [-0.4, -0.2) is 22.1 Å². The summed E-state index contributed by atoms with van der Waals surface area (Å²) in [5, 5.41) is 0. The molecule has 2 aromatic carbocycles. The minimum absolute atomic E-state index is 0.126. The molecule has 0 aliphatic rings. The largest absolute Gasteiger partial charge is 0.461 e. The Morgan fingerprint density at radius 1 is 1.04 bits per heavy atom. The molecule has 0 spiro atoms. The molecule has 3 rings (SSSR count). The van der Waals surface area contributed by atoms with Crippen LogP contribution >= 0.6 is 0 Å². The molecule has 0 fully saturated rings. The third-order valence-corrected chi connectivity index (χ3v) is 4.12. The molecule has 1 heterocycles. The van der Waals surface area contributed by atoms with Gasteiger partial charge in [0.1, 0.15) is 5.69 Å². The van der Waals surface area contributed by atoms with Gasteiger partial charge >= 0.3 is 5.97 Å². The number of esters is 1. The minimum Gasteiger partial charge on any atom is -0.461 e. The van der Waals surface area contributed by atoms with Crippen LogP contribution in [0.3, 0.4) is 0 Å². The van der Waals surface area contributed by atoms with Crippen LogP contribution in [0.15, 0.2) is 73.2 Å². The van der Waals surface area contributed by atoms with Crippen LogP contribution in [0.25, 0.3) is 0 Å². The van der Waals surface area contributed by atoms with Crippen molar-refractivity contribution in [2.45, 2.75) is 25.8 Å². The van der Waals surface area contributed by atoms with E-state index in [1.807, 2.05) is 41.0 Å². The summed E-state index contributed by atoms with van der Waals surface area (Å²) in [6.45, 7) is 2.50. The van der Waals surface area contributed by atoms with Crippen molar-refractivity contribution in [3.63, 3.8) is 0 Å². The molecule has 0 aliphatic carbocycles. The second-order valence-corrected chi connectivity index (χ2v) is 5.90. The van der Waals surface area contributed by atoms with E-state index in [0.29, 0.717) is 12.3 Å². The molecule has 0 N–H and O–H groups in total. The van der Waals surface area contributed by atoms with Crippen molar-refractivity contribution in [2.75, 3.05) is 6.61 Å². The van der Waals surface area contributed by atoms with Crippen LogP contribution in [0.2, 0.25) is 0 Å². The number of carbonyl (C=O) groups is 1. The normalized spacial score (nSPS) is 10.8. The first-order chi connectivity index (χ1) is 12.3. The van der Waals surface area contributed by atoms with Gasteiger partial charge in [-0.05, 0) is 17.5 Å². The van der Waals surface area contributed by atoms with Gasteiger partial charge in [-0.3, -0.25) is 0 Å². The van der Waals surface area contributed by atoms with Gasteiger partial charge in [0, 0.05) is 0 Å². The highest BCUT2D eigenvalue weighted by atomic mass is 16.5. The Morgan fingerprint density at radius 3 is 2.20 bits per heavy atom. The SMILES string of the molecule is CCCCOC(=O)c1cncn1C(c1ccccc1)c1ccccc1. The molecule has 0 unspecified atom stereocenters. The number of nitrogens with zero attached hydrogens (tertiary/aromatic N) is 2. The summed E-state index contributed by atoms with van der Waals surface area (Å²) < 4.78 is 7.28. The monoisotopic (exact) mass is 334 g/mol. The smallest absolute Gasteiger partial charge is 0.356 e. The van der Waals surface area contributed by atoms with E-state index in [9.17, 15) is 4.79 Å². The number of carbonyl (C=O) groups excluding carboxylic acids is 1. The molecule has 0 saturated carbocycles. The molecule has 3 aromatic rings. The molecule has 0 atom stereocenters. The van der Waals surface area contributed by atoms with Gasteiger partial charge in [0.15, 0.2) is 0 Å². The maximum atomic E-state index is 12.5. The number of benzene rings is 2. The van der Waals surface area contributed by atoms with Gasteiger partial charge in [-0.1, -0.05) is 74.0 Å². The molecule has 4 nitrogen and oxygen atoms in total. The second kappa shape index (κ2) is 8.29. The first kappa shape index (κ1) is 17.0. The maximum absolute atomic E-state index is 12.5. The molecule has 0 bridgehead atoms. The van der Waals surface area contributed by atoms with Crippen LogP contribution < -0.4 is 0 Å². The summed E-state index contributed by atoms with van der Waals surface area (Å²) in [6, 6.07) is 20.1. The van der Waals surface area contributed by atoms with E-state index in [1.54, 1.807) is 12.5 Å². The van der Waals surface area contributed by atoms with Crippen molar-refractivity contribution in [2.24, 2.45) is 0 Å². The fourth-order valence-electron chi connectivity index (χ4n) is 2.84. The van der Waals surface area contributed by atoms with E-state index in [4.69, 9.17) is 4.74 Å². The predicted octanol–water partition coefficient (Wildman–Crippen LogP) is 4.48. The molecular weight excluding hydrogens is 312 g/mol. The first-order valence-corrected chi connectivity index (χ1v) is 8.60. The maximum Gasteiger partial charge on any atom is 0.356 e.